The number of fused-ring (bicyclic) bond motifs is 1. The van der Waals surface area contributed by atoms with Crippen molar-refractivity contribution in [3.05, 3.63) is 75.7 Å². The number of hydrogen-bond acceptors (Lipinski definition) is 7. The van der Waals surface area contributed by atoms with Crippen LogP contribution < -0.4 is 5.32 Å². The number of nitrogens with one attached hydrogen (secondary N) is 1. The van der Waals surface area contributed by atoms with Crippen LogP contribution in [0.4, 0.5) is 0 Å². The fourth-order valence-corrected chi connectivity index (χ4v) is 5.65. The fourth-order valence-electron chi connectivity index (χ4n) is 4.02. The number of aryl methyl sites for hydroxylation is 1. The van der Waals surface area contributed by atoms with Gasteiger partial charge in [-0.3, -0.25) is 9.69 Å². The van der Waals surface area contributed by atoms with Crippen LogP contribution in [0.15, 0.2) is 63.6 Å². The van der Waals surface area contributed by atoms with E-state index in [0.29, 0.717) is 16.7 Å². The lowest BCUT2D eigenvalue weighted by atomic mass is 10.0. The topological polar surface area (TPSA) is 71.3 Å². The van der Waals surface area contributed by atoms with Gasteiger partial charge in [-0.2, -0.15) is 0 Å². The van der Waals surface area contributed by atoms with E-state index in [1.807, 2.05) is 36.6 Å². The molecular formula is C25H26N4O2S2. The molecule has 1 aliphatic rings. The van der Waals surface area contributed by atoms with Gasteiger partial charge in [-0.05, 0) is 43.0 Å². The molecule has 0 radical (unpaired) electrons. The van der Waals surface area contributed by atoms with Crippen LogP contribution in [0.5, 0.6) is 0 Å². The number of carbonyl (C=O) groups excluding carboxylic acids is 1. The first-order chi connectivity index (χ1) is 16.1. The van der Waals surface area contributed by atoms with Gasteiger partial charge in [0, 0.05) is 31.1 Å². The van der Waals surface area contributed by atoms with Crippen LogP contribution in [0.3, 0.4) is 0 Å². The highest BCUT2D eigenvalue weighted by atomic mass is 32.2. The second-order valence-electron chi connectivity index (χ2n) is 8.38. The molecule has 2 aromatic heterocycles. The normalized spacial score (nSPS) is 15.2. The van der Waals surface area contributed by atoms with Gasteiger partial charge in [0.15, 0.2) is 5.58 Å². The highest BCUT2D eigenvalue weighted by Gasteiger charge is 2.22. The molecule has 0 saturated carbocycles. The predicted octanol–water partition coefficient (Wildman–Crippen LogP) is 5.28. The van der Waals surface area contributed by atoms with Crippen LogP contribution >= 0.6 is 23.1 Å². The van der Waals surface area contributed by atoms with E-state index in [-0.39, 0.29) is 11.9 Å². The van der Waals surface area contributed by atoms with Gasteiger partial charge in [0.25, 0.3) is 11.1 Å². The third-order valence-electron chi connectivity index (χ3n) is 5.80. The molecule has 1 amide bonds. The summed E-state index contributed by atoms with van der Waals surface area (Å²) in [5.74, 6) is 0.545. The number of thioether (sulfide) groups is 1. The van der Waals surface area contributed by atoms with Crippen LogP contribution in [0.1, 0.15) is 39.5 Å². The Labute approximate surface area is 201 Å². The maximum absolute atomic E-state index is 12.7. The first-order valence-corrected chi connectivity index (χ1v) is 13.0. The highest BCUT2D eigenvalue weighted by molar-refractivity contribution is 7.98. The van der Waals surface area contributed by atoms with E-state index >= 15 is 0 Å². The number of thiazole rings is 1. The Morgan fingerprint density at radius 2 is 2.00 bits per heavy atom. The SMILES string of the molecule is Cc1ccc2oc(SCc3nc(C(=O)NC4CCN(Cc5ccccc5)CC4)cs3)nc2c1. The van der Waals surface area contributed by atoms with Gasteiger partial charge >= 0.3 is 0 Å². The van der Waals surface area contributed by atoms with Crippen LogP contribution in [0, 0.1) is 6.92 Å². The number of benzene rings is 2. The molecule has 5 rings (SSSR count). The average molecular weight is 479 g/mol. The first-order valence-electron chi connectivity index (χ1n) is 11.1. The second-order valence-corrected chi connectivity index (χ2v) is 10.2. The van der Waals surface area contributed by atoms with Crippen molar-refractivity contribution in [1.29, 1.82) is 0 Å². The van der Waals surface area contributed by atoms with Crippen molar-refractivity contribution in [3.8, 4) is 0 Å². The lowest BCUT2D eigenvalue weighted by molar-refractivity contribution is 0.0904. The van der Waals surface area contributed by atoms with Gasteiger partial charge in [-0.1, -0.05) is 48.2 Å². The lowest BCUT2D eigenvalue weighted by Crippen LogP contribution is -2.44. The van der Waals surface area contributed by atoms with Crippen LogP contribution in [0.2, 0.25) is 0 Å². The molecule has 170 valence electrons. The summed E-state index contributed by atoms with van der Waals surface area (Å²) >= 11 is 3.00. The molecule has 6 nitrogen and oxygen atoms in total. The van der Waals surface area contributed by atoms with Crippen LogP contribution in [0.25, 0.3) is 11.1 Å². The fraction of sp³-hybridized carbons (Fsp3) is 0.320. The molecular weight excluding hydrogens is 452 g/mol. The van der Waals surface area contributed by atoms with Gasteiger partial charge in [0.2, 0.25) is 0 Å². The number of oxazole rings is 1. The number of likely N-dealkylation sites (tertiary alicyclic amines) is 1. The number of piperidine rings is 1. The Balaban J connectivity index is 1.10. The molecule has 4 aromatic rings. The summed E-state index contributed by atoms with van der Waals surface area (Å²) in [7, 11) is 0. The zero-order valence-electron chi connectivity index (χ0n) is 18.5. The Morgan fingerprint density at radius 1 is 1.18 bits per heavy atom. The largest absolute Gasteiger partial charge is 0.431 e. The van der Waals surface area contributed by atoms with Gasteiger partial charge in [0.05, 0.1) is 5.75 Å². The zero-order chi connectivity index (χ0) is 22.6. The summed E-state index contributed by atoms with van der Waals surface area (Å²) in [4.78, 5) is 24.2. The lowest BCUT2D eigenvalue weighted by Gasteiger charge is -2.32. The van der Waals surface area contributed by atoms with Crippen molar-refractivity contribution in [3.63, 3.8) is 0 Å². The third-order valence-corrected chi connectivity index (χ3v) is 7.67. The second kappa shape index (κ2) is 10.1. The maximum Gasteiger partial charge on any atom is 0.270 e. The van der Waals surface area contributed by atoms with Crippen LogP contribution in [-0.4, -0.2) is 39.9 Å². The zero-order valence-corrected chi connectivity index (χ0v) is 20.1. The van der Waals surface area contributed by atoms with Gasteiger partial charge in [0.1, 0.15) is 16.2 Å². The van der Waals surface area contributed by atoms with Crippen molar-refractivity contribution in [2.45, 2.75) is 43.3 Å². The maximum atomic E-state index is 12.7. The van der Waals surface area contributed by atoms with Crippen molar-refractivity contribution >= 4 is 40.1 Å². The molecule has 33 heavy (non-hydrogen) atoms. The van der Waals surface area contributed by atoms with E-state index in [0.717, 1.165) is 54.1 Å². The predicted molar refractivity (Wildman–Crippen MR) is 133 cm³/mol. The monoisotopic (exact) mass is 478 g/mol. The average Bonchev–Trinajstić information content (AvgIpc) is 3.46. The number of carbonyl (C=O) groups is 1. The minimum Gasteiger partial charge on any atom is -0.431 e. The van der Waals surface area contributed by atoms with E-state index in [4.69, 9.17) is 4.42 Å². The Kier molecular flexibility index (Phi) is 6.75. The molecule has 0 spiro atoms. The smallest absolute Gasteiger partial charge is 0.270 e. The molecule has 8 heteroatoms. The van der Waals surface area contributed by atoms with Crippen molar-refractivity contribution < 1.29 is 9.21 Å². The standard InChI is InChI=1S/C25H26N4O2S2/c1-17-7-8-22-20(13-17)28-25(31-22)33-16-23-27-21(15-32-23)24(30)26-19-9-11-29(12-10-19)14-18-5-3-2-4-6-18/h2-8,13,15,19H,9-12,14,16H2,1H3,(H,26,30). The van der Waals surface area contributed by atoms with Gasteiger partial charge < -0.3 is 9.73 Å². The molecule has 1 aliphatic heterocycles. The molecule has 0 unspecified atom stereocenters. The van der Waals surface area contributed by atoms with E-state index in [1.54, 1.807) is 0 Å². The van der Waals surface area contributed by atoms with Gasteiger partial charge in [-0.15, -0.1) is 11.3 Å². The van der Waals surface area contributed by atoms with E-state index in [9.17, 15) is 4.79 Å². The minimum atomic E-state index is -0.0821. The van der Waals surface area contributed by atoms with Crippen LogP contribution in [-0.2, 0) is 12.3 Å². The number of nitrogens with zero attached hydrogens (tertiary/aromatic N) is 3. The molecule has 0 bridgehead atoms. The Morgan fingerprint density at radius 3 is 2.82 bits per heavy atom. The van der Waals surface area contributed by atoms with Crippen molar-refractivity contribution in [1.82, 2.24) is 20.2 Å². The number of rotatable bonds is 7. The quantitative estimate of drug-likeness (QED) is 0.365. The van der Waals surface area contributed by atoms with Crippen molar-refractivity contribution in [2.24, 2.45) is 0 Å². The summed E-state index contributed by atoms with van der Waals surface area (Å²) in [6.45, 7) is 4.98. The third kappa shape index (κ3) is 5.63. The highest BCUT2D eigenvalue weighted by Crippen LogP contribution is 2.28. The Hall–Kier alpha value is -2.68. The minimum absolute atomic E-state index is 0.0821. The first kappa shape index (κ1) is 22.1. The number of amides is 1. The summed E-state index contributed by atoms with van der Waals surface area (Å²) in [6.07, 6.45) is 1.92. The molecule has 1 saturated heterocycles. The summed E-state index contributed by atoms with van der Waals surface area (Å²) in [6, 6.07) is 16.7. The number of hydrogen-bond donors (Lipinski definition) is 1. The molecule has 1 fully saturated rings. The van der Waals surface area contributed by atoms with Crippen molar-refractivity contribution in [2.75, 3.05) is 13.1 Å². The van der Waals surface area contributed by atoms with E-state index in [1.165, 1.54) is 28.7 Å². The number of aromatic nitrogens is 2. The molecule has 0 aliphatic carbocycles. The molecule has 2 aromatic carbocycles. The molecule has 3 heterocycles. The van der Waals surface area contributed by atoms with E-state index < -0.39 is 0 Å². The van der Waals surface area contributed by atoms with E-state index in [2.05, 4.69) is 44.5 Å². The summed E-state index contributed by atoms with van der Waals surface area (Å²) < 4.78 is 5.79. The Bertz CT molecular complexity index is 1230. The molecule has 1 N–H and O–H groups in total. The molecule has 0 atom stereocenters. The summed E-state index contributed by atoms with van der Waals surface area (Å²) in [5.41, 5.74) is 4.64. The van der Waals surface area contributed by atoms with Gasteiger partial charge in [-0.25, -0.2) is 9.97 Å². The summed E-state index contributed by atoms with van der Waals surface area (Å²) in [5, 5.41) is 6.52.